The number of aromatic amines is 1. The van der Waals surface area contributed by atoms with Gasteiger partial charge in [-0.1, -0.05) is 30.4 Å². The van der Waals surface area contributed by atoms with Gasteiger partial charge in [0.05, 0.1) is 0 Å². The number of likely N-dealkylation sites (N-methyl/N-ethyl adjacent to an activating group) is 1. The average Bonchev–Trinajstić information content (AvgIpc) is 2.56. The van der Waals surface area contributed by atoms with Crippen molar-refractivity contribution in [1.82, 2.24) is 10.3 Å². The molecule has 2 rings (SSSR count). The predicted octanol–water partition coefficient (Wildman–Crippen LogP) is 2.71. The van der Waals surface area contributed by atoms with Crippen molar-refractivity contribution < 1.29 is 0 Å². The molecule has 78 valence electrons. The summed E-state index contributed by atoms with van der Waals surface area (Å²) in [6, 6.07) is 8.39. The largest absolute Gasteiger partial charge is 0.358 e. The number of aryl methyl sites for hydroxylation is 1. The molecular weight excluding hydrogens is 184 g/mol. The number of para-hydroxylation sites is 1. The summed E-state index contributed by atoms with van der Waals surface area (Å²) in [6.07, 6.45) is 4.31. The lowest BCUT2D eigenvalue weighted by molar-refractivity contribution is 0.922. The van der Waals surface area contributed by atoms with Crippen LogP contribution in [0.2, 0.25) is 0 Å². The van der Waals surface area contributed by atoms with Crippen LogP contribution in [0.15, 0.2) is 30.3 Å². The quantitative estimate of drug-likeness (QED) is 0.783. The molecular formula is C13H16N2. The first-order valence-electron chi connectivity index (χ1n) is 5.21. The lowest BCUT2D eigenvalue weighted by atomic mass is 10.1. The summed E-state index contributed by atoms with van der Waals surface area (Å²) < 4.78 is 0. The average molecular weight is 200 g/mol. The molecule has 0 fully saturated rings. The minimum absolute atomic E-state index is 0.902. The summed E-state index contributed by atoms with van der Waals surface area (Å²) in [5.74, 6) is 0. The summed E-state index contributed by atoms with van der Waals surface area (Å²) in [4.78, 5) is 3.38. The molecule has 0 bridgehead atoms. The van der Waals surface area contributed by atoms with Crippen molar-refractivity contribution in [2.75, 3.05) is 13.6 Å². The Balaban J connectivity index is 2.45. The minimum Gasteiger partial charge on any atom is -0.358 e. The zero-order chi connectivity index (χ0) is 10.7. The van der Waals surface area contributed by atoms with Crippen molar-refractivity contribution in [2.24, 2.45) is 0 Å². The Morgan fingerprint density at radius 3 is 2.93 bits per heavy atom. The fourth-order valence-electron chi connectivity index (χ4n) is 1.81. The summed E-state index contributed by atoms with van der Waals surface area (Å²) in [7, 11) is 1.95. The van der Waals surface area contributed by atoms with Crippen LogP contribution in [0.4, 0.5) is 0 Å². The summed E-state index contributed by atoms with van der Waals surface area (Å²) in [5, 5.41) is 4.39. The van der Waals surface area contributed by atoms with E-state index in [0.717, 1.165) is 6.54 Å². The Hall–Kier alpha value is -1.54. The van der Waals surface area contributed by atoms with Crippen molar-refractivity contribution in [2.45, 2.75) is 6.92 Å². The highest BCUT2D eigenvalue weighted by atomic mass is 14.8. The van der Waals surface area contributed by atoms with Gasteiger partial charge in [-0.25, -0.2) is 0 Å². The maximum absolute atomic E-state index is 3.38. The topological polar surface area (TPSA) is 27.8 Å². The van der Waals surface area contributed by atoms with Gasteiger partial charge >= 0.3 is 0 Å². The molecule has 0 saturated heterocycles. The third-order valence-electron chi connectivity index (χ3n) is 2.55. The molecule has 0 amide bonds. The van der Waals surface area contributed by atoms with Gasteiger partial charge in [0.25, 0.3) is 0 Å². The Morgan fingerprint density at radius 2 is 2.13 bits per heavy atom. The van der Waals surface area contributed by atoms with Crippen LogP contribution >= 0.6 is 0 Å². The van der Waals surface area contributed by atoms with Gasteiger partial charge in [0, 0.05) is 28.7 Å². The Bertz CT molecular complexity index is 480. The molecule has 1 aromatic carbocycles. The lowest BCUT2D eigenvalue weighted by Gasteiger charge is -1.93. The molecule has 0 radical (unpaired) electrons. The molecule has 0 saturated carbocycles. The smallest absolute Gasteiger partial charge is 0.0462 e. The second-order valence-corrected chi connectivity index (χ2v) is 3.67. The number of hydrogen-bond donors (Lipinski definition) is 2. The van der Waals surface area contributed by atoms with Crippen LogP contribution in [0.5, 0.6) is 0 Å². The minimum atomic E-state index is 0.902. The molecule has 0 atom stereocenters. The van der Waals surface area contributed by atoms with Gasteiger partial charge in [0.1, 0.15) is 0 Å². The van der Waals surface area contributed by atoms with E-state index >= 15 is 0 Å². The van der Waals surface area contributed by atoms with Gasteiger partial charge in [0.15, 0.2) is 0 Å². The molecule has 0 aliphatic heterocycles. The number of hydrogen-bond acceptors (Lipinski definition) is 1. The van der Waals surface area contributed by atoms with Gasteiger partial charge in [0.2, 0.25) is 0 Å². The predicted molar refractivity (Wildman–Crippen MR) is 66.0 cm³/mol. The third-order valence-corrected chi connectivity index (χ3v) is 2.55. The molecule has 15 heavy (non-hydrogen) atoms. The summed E-state index contributed by atoms with van der Waals surface area (Å²) in [6.45, 7) is 3.01. The molecule has 1 aromatic heterocycles. The van der Waals surface area contributed by atoms with Crippen LogP contribution in [-0.2, 0) is 0 Å². The van der Waals surface area contributed by atoms with Crippen molar-refractivity contribution >= 4 is 17.0 Å². The highest BCUT2D eigenvalue weighted by Gasteiger charge is 2.03. The van der Waals surface area contributed by atoms with Crippen LogP contribution in [0.3, 0.4) is 0 Å². The first kappa shape index (κ1) is 9.99. The number of fused-ring (bicyclic) bond motifs is 1. The Labute approximate surface area is 90.0 Å². The van der Waals surface area contributed by atoms with E-state index in [0.29, 0.717) is 0 Å². The molecule has 0 unspecified atom stereocenters. The third kappa shape index (κ3) is 1.95. The Kier molecular flexibility index (Phi) is 2.88. The van der Waals surface area contributed by atoms with Crippen molar-refractivity contribution in [3.63, 3.8) is 0 Å². The molecule has 2 heteroatoms. The molecule has 0 spiro atoms. The number of nitrogens with one attached hydrogen (secondary N) is 2. The lowest BCUT2D eigenvalue weighted by Crippen LogP contribution is -2.03. The molecule has 2 N–H and O–H groups in total. The van der Waals surface area contributed by atoms with Gasteiger partial charge in [-0.3, -0.25) is 0 Å². The molecule has 0 aliphatic rings. The zero-order valence-corrected chi connectivity index (χ0v) is 9.17. The van der Waals surface area contributed by atoms with E-state index in [1.807, 2.05) is 7.05 Å². The molecule has 2 nitrogen and oxygen atoms in total. The Morgan fingerprint density at radius 1 is 1.33 bits per heavy atom. The van der Waals surface area contributed by atoms with E-state index in [2.05, 4.69) is 53.6 Å². The van der Waals surface area contributed by atoms with Crippen LogP contribution in [0, 0.1) is 6.92 Å². The highest BCUT2D eigenvalue weighted by molar-refractivity contribution is 5.90. The fraction of sp³-hybridized carbons (Fsp3) is 0.231. The first-order chi connectivity index (χ1) is 7.33. The SMILES string of the molecule is CNCC=Cc1c(C)[nH]c2ccccc12. The van der Waals surface area contributed by atoms with E-state index in [1.54, 1.807) is 0 Å². The second-order valence-electron chi connectivity index (χ2n) is 3.67. The van der Waals surface area contributed by atoms with Gasteiger partial charge in [-0.15, -0.1) is 0 Å². The second kappa shape index (κ2) is 4.32. The van der Waals surface area contributed by atoms with Gasteiger partial charge < -0.3 is 10.3 Å². The standard InChI is InChI=1S/C13H16N2/c1-10-11(7-5-9-14-2)12-6-3-4-8-13(12)15-10/h3-8,14-15H,9H2,1-2H3. The van der Waals surface area contributed by atoms with E-state index in [-0.39, 0.29) is 0 Å². The number of benzene rings is 1. The molecule has 1 heterocycles. The normalized spacial score (nSPS) is 11.6. The van der Waals surface area contributed by atoms with Crippen LogP contribution in [0.1, 0.15) is 11.3 Å². The monoisotopic (exact) mass is 200 g/mol. The highest BCUT2D eigenvalue weighted by Crippen LogP contribution is 2.22. The van der Waals surface area contributed by atoms with Crippen LogP contribution in [0.25, 0.3) is 17.0 Å². The van der Waals surface area contributed by atoms with E-state index in [4.69, 9.17) is 0 Å². The maximum Gasteiger partial charge on any atom is 0.0462 e. The van der Waals surface area contributed by atoms with Crippen LogP contribution < -0.4 is 5.32 Å². The van der Waals surface area contributed by atoms with Gasteiger partial charge in [-0.2, -0.15) is 0 Å². The van der Waals surface area contributed by atoms with Gasteiger partial charge in [-0.05, 0) is 20.0 Å². The molecule has 0 aliphatic carbocycles. The zero-order valence-electron chi connectivity index (χ0n) is 9.17. The summed E-state index contributed by atoms with van der Waals surface area (Å²) in [5.41, 5.74) is 3.73. The fourth-order valence-corrected chi connectivity index (χ4v) is 1.81. The number of rotatable bonds is 3. The van der Waals surface area contributed by atoms with Crippen molar-refractivity contribution in [3.05, 3.63) is 41.6 Å². The first-order valence-corrected chi connectivity index (χ1v) is 5.21. The van der Waals surface area contributed by atoms with E-state index in [1.165, 1.54) is 22.2 Å². The number of H-pyrrole nitrogens is 1. The van der Waals surface area contributed by atoms with Crippen molar-refractivity contribution in [3.8, 4) is 0 Å². The van der Waals surface area contributed by atoms with Crippen molar-refractivity contribution in [1.29, 1.82) is 0 Å². The van der Waals surface area contributed by atoms with Crippen LogP contribution in [-0.4, -0.2) is 18.6 Å². The summed E-state index contributed by atoms with van der Waals surface area (Å²) >= 11 is 0. The maximum atomic E-state index is 3.38. The van der Waals surface area contributed by atoms with E-state index in [9.17, 15) is 0 Å². The number of aromatic nitrogens is 1. The molecule has 2 aromatic rings. The van der Waals surface area contributed by atoms with E-state index < -0.39 is 0 Å².